The van der Waals surface area contributed by atoms with Crippen LogP contribution in [0.4, 0.5) is 5.69 Å². The molecule has 0 radical (unpaired) electrons. The van der Waals surface area contributed by atoms with Gasteiger partial charge in [0.1, 0.15) is 12.4 Å². The molecule has 0 spiro atoms. The van der Waals surface area contributed by atoms with Gasteiger partial charge in [0, 0.05) is 36.2 Å². The standard InChI is InChI=1S/C21H23BrClN3O5/c1-13-16(23)4-3-5-17(13)24-19(27)8-9-20(28)25-26-21(29)14-6-7-18(15(22)12-14)31-11-10-30-2/h3-7,12H,8-11H2,1-2H3,(H,24,27)(H,25,28)(H,26,29). The monoisotopic (exact) mass is 511 g/mol. The van der Waals surface area contributed by atoms with Crippen molar-refractivity contribution in [3.63, 3.8) is 0 Å². The van der Waals surface area contributed by atoms with Gasteiger partial charge in [0.15, 0.2) is 0 Å². The van der Waals surface area contributed by atoms with Crippen LogP contribution in [0, 0.1) is 6.92 Å². The summed E-state index contributed by atoms with van der Waals surface area (Å²) in [6.45, 7) is 2.61. The highest BCUT2D eigenvalue weighted by Gasteiger charge is 2.12. The van der Waals surface area contributed by atoms with E-state index in [1.54, 1.807) is 50.4 Å². The van der Waals surface area contributed by atoms with Crippen molar-refractivity contribution >= 4 is 50.9 Å². The van der Waals surface area contributed by atoms with Gasteiger partial charge in [-0.3, -0.25) is 25.2 Å². The molecule has 0 atom stereocenters. The first-order valence-electron chi connectivity index (χ1n) is 9.37. The predicted octanol–water partition coefficient (Wildman–Crippen LogP) is 3.62. The summed E-state index contributed by atoms with van der Waals surface area (Å²) in [4.78, 5) is 36.2. The first-order chi connectivity index (χ1) is 14.8. The maximum absolute atomic E-state index is 12.2. The van der Waals surface area contributed by atoms with Crippen molar-refractivity contribution in [2.45, 2.75) is 19.8 Å². The first kappa shape index (κ1) is 24.6. The average Bonchev–Trinajstić information content (AvgIpc) is 2.75. The van der Waals surface area contributed by atoms with Crippen molar-refractivity contribution in [1.82, 2.24) is 10.9 Å². The number of ether oxygens (including phenoxy) is 2. The summed E-state index contributed by atoms with van der Waals surface area (Å²) in [7, 11) is 1.58. The summed E-state index contributed by atoms with van der Waals surface area (Å²) in [5.41, 5.74) is 6.27. The molecule has 166 valence electrons. The zero-order valence-corrected chi connectivity index (χ0v) is 19.4. The van der Waals surface area contributed by atoms with E-state index >= 15 is 0 Å². The molecule has 0 heterocycles. The van der Waals surface area contributed by atoms with E-state index in [1.165, 1.54) is 0 Å². The van der Waals surface area contributed by atoms with Crippen LogP contribution >= 0.6 is 27.5 Å². The van der Waals surface area contributed by atoms with Gasteiger partial charge in [0.05, 0.1) is 11.1 Å². The van der Waals surface area contributed by atoms with E-state index in [-0.39, 0.29) is 18.7 Å². The van der Waals surface area contributed by atoms with E-state index in [1.807, 2.05) is 0 Å². The molecule has 10 heteroatoms. The summed E-state index contributed by atoms with van der Waals surface area (Å²) in [6.07, 6.45) is -0.144. The summed E-state index contributed by atoms with van der Waals surface area (Å²) in [6, 6.07) is 9.96. The molecule has 0 bridgehead atoms. The van der Waals surface area contributed by atoms with E-state index < -0.39 is 11.8 Å². The molecule has 2 aromatic rings. The molecule has 0 aromatic heterocycles. The maximum atomic E-state index is 12.2. The Morgan fingerprint density at radius 2 is 1.77 bits per heavy atom. The molecule has 2 aromatic carbocycles. The number of nitrogens with one attached hydrogen (secondary N) is 3. The predicted molar refractivity (Wildman–Crippen MR) is 121 cm³/mol. The number of methoxy groups -OCH3 is 1. The number of halogens is 2. The fourth-order valence-corrected chi connectivity index (χ4v) is 3.11. The molecule has 31 heavy (non-hydrogen) atoms. The van der Waals surface area contributed by atoms with Gasteiger partial charge in [-0.25, -0.2) is 0 Å². The van der Waals surface area contributed by atoms with Crippen LogP contribution in [-0.2, 0) is 14.3 Å². The molecule has 0 aliphatic heterocycles. The maximum Gasteiger partial charge on any atom is 0.269 e. The van der Waals surface area contributed by atoms with Crippen LogP contribution in [-0.4, -0.2) is 38.0 Å². The minimum Gasteiger partial charge on any atom is -0.490 e. The van der Waals surface area contributed by atoms with Gasteiger partial charge < -0.3 is 14.8 Å². The third kappa shape index (κ3) is 7.86. The Labute approximate surface area is 193 Å². The van der Waals surface area contributed by atoms with Crippen molar-refractivity contribution in [1.29, 1.82) is 0 Å². The van der Waals surface area contributed by atoms with Crippen molar-refractivity contribution in [3.8, 4) is 5.75 Å². The van der Waals surface area contributed by atoms with Crippen molar-refractivity contribution in [3.05, 3.63) is 57.0 Å². The Morgan fingerprint density at radius 1 is 1.03 bits per heavy atom. The number of carbonyl (C=O) groups is 3. The van der Waals surface area contributed by atoms with Crippen LogP contribution in [0.15, 0.2) is 40.9 Å². The highest BCUT2D eigenvalue weighted by Crippen LogP contribution is 2.26. The van der Waals surface area contributed by atoms with Gasteiger partial charge in [0.25, 0.3) is 5.91 Å². The van der Waals surface area contributed by atoms with E-state index in [0.717, 1.165) is 5.56 Å². The second kappa shape index (κ2) is 12.3. The van der Waals surface area contributed by atoms with E-state index in [4.69, 9.17) is 21.1 Å². The van der Waals surface area contributed by atoms with Crippen molar-refractivity contribution in [2.24, 2.45) is 0 Å². The van der Waals surface area contributed by atoms with Gasteiger partial charge in [-0.05, 0) is 58.7 Å². The Kier molecular flexibility index (Phi) is 9.77. The Bertz CT molecular complexity index is 955. The van der Waals surface area contributed by atoms with Gasteiger partial charge >= 0.3 is 0 Å². The van der Waals surface area contributed by atoms with Gasteiger partial charge in [0.2, 0.25) is 11.8 Å². The van der Waals surface area contributed by atoms with Crippen LogP contribution in [0.1, 0.15) is 28.8 Å². The number of benzene rings is 2. The number of amides is 3. The number of anilines is 1. The number of hydrogen-bond donors (Lipinski definition) is 3. The number of hydrogen-bond acceptors (Lipinski definition) is 5. The molecule has 0 fully saturated rings. The zero-order chi connectivity index (χ0) is 22.8. The first-order valence-corrected chi connectivity index (χ1v) is 10.5. The average molecular weight is 513 g/mol. The summed E-state index contributed by atoms with van der Waals surface area (Å²) in [5.74, 6) is -0.764. The molecule has 0 aliphatic carbocycles. The minimum atomic E-state index is -0.503. The molecular formula is C21H23BrClN3O5. The largest absolute Gasteiger partial charge is 0.490 e. The molecule has 8 nitrogen and oxygen atoms in total. The van der Waals surface area contributed by atoms with Crippen LogP contribution in [0.2, 0.25) is 5.02 Å². The lowest BCUT2D eigenvalue weighted by molar-refractivity contribution is -0.124. The van der Waals surface area contributed by atoms with E-state index in [0.29, 0.717) is 39.7 Å². The molecule has 0 aliphatic rings. The second-order valence-corrected chi connectivity index (χ2v) is 7.71. The minimum absolute atomic E-state index is 0.0489. The van der Waals surface area contributed by atoms with Gasteiger partial charge in [-0.15, -0.1) is 0 Å². The lowest BCUT2D eigenvalue weighted by atomic mass is 10.2. The molecular weight excluding hydrogens is 490 g/mol. The molecule has 0 saturated carbocycles. The van der Waals surface area contributed by atoms with Gasteiger partial charge in [-0.2, -0.15) is 0 Å². The summed E-state index contributed by atoms with van der Waals surface area (Å²) in [5, 5.41) is 3.25. The second-order valence-electron chi connectivity index (χ2n) is 6.45. The quantitative estimate of drug-likeness (QED) is 0.352. The molecule has 3 amide bonds. The summed E-state index contributed by atoms with van der Waals surface area (Å²) < 4.78 is 11.0. The van der Waals surface area contributed by atoms with E-state index in [2.05, 4.69) is 32.1 Å². The SMILES string of the molecule is COCCOc1ccc(C(=O)NNC(=O)CCC(=O)Nc2cccc(Cl)c2C)cc1Br. The van der Waals surface area contributed by atoms with Crippen LogP contribution < -0.4 is 20.9 Å². The van der Waals surface area contributed by atoms with Gasteiger partial charge in [-0.1, -0.05) is 17.7 Å². The highest BCUT2D eigenvalue weighted by atomic mass is 79.9. The van der Waals surface area contributed by atoms with Crippen LogP contribution in [0.5, 0.6) is 5.75 Å². The number of hydrazine groups is 1. The molecule has 0 saturated heterocycles. The fraction of sp³-hybridized carbons (Fsp3) is 0.286. The zero-order valence-electron chi connectivity index (χ0n) is 17.1. The summed E-state index contributed by atoms with van der Waals surface area (Å²) >= 11 is 9.36. The Morgan fingerprint density at radius 3 is 2.48 bits per heavy atom. The fourth-order valence-electron chi connectivity index (χ4n) is 2.44. The van der Waals surface area contributed by atoms with Crippen molar-refractivity contribution < 1.29 is 23.9 Å². The molecule has 2 rings (SSSR count). The topological polar surface area (TPSA) is 106 Å². The Hall–Kier alpha value is -2.62. The third-order valence-electron chi connectivity index (χ3n) is 4.18. The molecule has 3 N–H and O–H groups in total. The van der Waals surface area contributed by atoms with Crippen LogP contribution in [0.25, 0.3) is 0 Å². The normalized spacial score (nSPS) is 10.3. The third-order valence-corrected chi connectivity index (χ3v) is 5.20. The lowest BCUT2D eigenvalue weighted by Gasteiger charge is -2.11. The van der Waals surface area contributed by atoms with Crippen molar-refractivity contribution in [2.75, 3.05) is 25.6 Å². The smallest absolute Gasteiger partial charge is 0.269 e. The highest BCUT2D eigenvalue weighted by molar-refractivity contribution is 9.10. The number of carbonyl (C=O) groups excluding carboxylic acids is 3. The van der Waals surface area contributed by atoms with Crippen LogP contribution in [0.3, 0.4) is 0 Å². The lowest BCUT2D eigenvalue weighted by Crippen LogP contribution is -2.41. The van der Waals surface area contributed by atoms with E-state index in [9.17, 15) is 14.4 Å². The Balaban J connectivity index is 1.77. The molecule has 0 unspecified atom stereocenters. The number of rotatable bonds is 9.